The highest BCUT2D eigenvalue weighted by Crippen LogP contribution is 2.34. The molecule has 1 aromatic heterocycles. The van der Waals surface area contributed by atoms with Gasteiger partial charge >= 0.3 is 0 Å². The van der Waals surface area contributed by atoms with E-state index in [9.17, 15) is 4.79 Å². The number of carbonyl (C=O) groups is 1. The Bertz CT molecular complexity index is 1270. The third kappa shape index (κ3) is 5.99. The van der Waals surface area contributed by atoms with Crippen molar-refractivity contribution in [3.63, 3.8) is 0 Å². The molecule has 5 heteroatoms. The van der Waals surface area contributed by atoms with E-state index in [0.29, 0.717) is 13.0 Å². The molecule has 0 saturated carbocycles. The van der Waals surface area contributed by atoms with E-state index < -0.39 is 0 Å². The number of hydrogen-bond donors (Lipinski definition) is 0. The number of benzene rings is 3. The summed E-state index contributed by atoms with van der Waals surface area (Å²) in [5, 5.41) is 0. The third-order valence-corrected chi connectivity index (χ3v) is 6.59. The van der Waals surface area contributed by atoms with E-state index in [1.54, 1.807) is 7.11 Å². The summed E-state index contributed by atoms with van der Waals surface area (Å²) in [5.41, 5.74) is 7.30. The molecule has 0 saturated heterocycles. The number of carbonyl (C=O) groups excluding carboxylic acids is 1. The number of ketones is 1. The van der Waals surface area contributed by atoms with Gasteiger partial charge in [-0.05, 0) is 68.5 Å². The molecule has 180 valence electrons. The van der Waals surface area contributed by atoms with Crippen LogP contribution in [0.2, 0.25) is 0 Å². The molecule has 0 aliphatic heterocycles. The van der Waals surface area contributed by atoms with Crippen molar-refractivity contribution in [3.05, 3.63) is 101 Å². The first-order valence-corrected chi connectivity index (χ1v) is 12.6. The minimum Gasteiger partial charge on any atom is -0.380 e. The molecule has 0 amide bonds. The van der Waals surface area contributed by atoms with Crippen LogP contribution < -0.4 is 0 Å². The number of rotatable bonds is 10. The van der Waals surface area contributed by atoms with Crippen LogP contribution in [0.25, 0.3) is 28.2 Å². The summed E-state index contributed by atoms with van der Waals surface area (Å²) in [6, 6.07) is 29.0. The van der Waals surface area contributed by atoms with Gasteiger partial charge in [0, 0.05) is 29.1 Å². The molecule has 4 aromatic rings. The monoisotopic (exact) mass is 530 g/mol. The molecule has 4 nitrogen and oxygen atoms in total. The van der Waals surface area contributed by atoms with E-state index in [1.165, 1.54) is 0 Å². The van der Waals surface area contributed by atoms with Crippen LogP contribution in [0.4, 0.5) is 0 Å². The van der Waals surface area contributed by atoms with Crippen LogP contribution in [0.5, 0.6) is 0 Å². The predicted octanol–water partition coefficient (Wildman–Crippen LogP) is 7.24. The molecule has 0 aliphatic rings. The van der Waals surface area contributed by atoms with Crippen LogP contribution >= 0.6 is 15.9 Å². The normalized spacial score (nSPS) is 11.2. The van der Waals surface area contributed by atoms with Crippen molar-refractivity contribution in [2.45, 2.75) is 19.4 Å². The Morgan fingerprint density at radius 3 is 2.06 bits per heavy atom. The fourth-order valence-electron chi connectivity index (χ4n) is 4.30. The third-order valence-electron chi connectivity index (χ3n) is 6.07. The maximum atomic E-state index is 12.7. The molecular weight excluding hydrogens is 500 g/mol. The number of hydrogen-bond acceptors (Lipinski definition) is 3. The molecule has 0 atom stereocenters. The van der Waals surface area contributed by atoms with E-state index in [4.69, 9.17) is 4.74 Å². The Morgan fingerprint density at radius 2 is 1.46 bits per heavy atom. The van der Waals surface area contributed by atoms with Crippen molar-refractivity contribution in [3.8, 4) is 28.2 Å². The zero-order valence-electron chi connectivity index (χ0n) is 20.5. The fourth-order valence-corrected chi connectivity index (χ4v) is 4.57. The molecule has 4 rings (SSSR count). The van der Waals surface area contributed by atoms with Crippen LogP contribution in [0.15, 0.2) is 89.4 Å². The van der Waals surface area contributed by atoms with E-state index in [1.807, 2.05) is 32.3 Å². The van der Waals surface area contributed by atoms with Crippen LogP contribution in [0, 0.1) is 0 Å². The average molecular weight is 531 g/mol. The molecule has 1 heterocycles. The molecule has 0 fully saturated rings. The number of aromatic nitrogens is 1. The van der Waals surface area contributed by atoms with Gasteiger partial charge in [0.15, 0.2) is 5.78 Å². The smallest absolute Gasteiger partial charge is 0.162 e. The zero-order valence-corrected chi connectivity index (χ0v) is 22.1. The Kier molecular flexibility index (Phi) is 8.34. The lowest BCUT2D eigenvalue weighted by atomic mass is 10.0. The second-order valence-corrected chi connectivity index (χ2v) is 9.83. The number of nitrogens with zero attached hydrogens (tertiary/aromatic N) is 2. The molecule has 0 spiro atoms. The first-order chi connectivity index (χ1) is 17.0. The zero-order chi connectivity index (χ0) is 24.8. The van der Waals surface area contributed by atoms with Gasteiger partial charge in [0.05, 0.1) is 23.7 Å². The van der Waals surface area contributed by atoms with E-state index in [0.717, 1.165) is 56.8 Å². The molecule has 0 aliphatic carbocycles. The van der Waals surface area contributed by atoms with Crippen molar-refractivity contribution in [1.29, 1.82) is 0 Å². The van der Waals surface area contributed by atoms with Crippen molar-refractivity contribution in [2.24, 2.45) is 0 Å². The van der Waals surface area contributed by atoms with E-state index in [-0.39, 0.29) is 5.78 Å². The van der Waals surface area contributed by atoms with Crippen molar-refractivity contribution in [2.75, 3.05) is 27.7 Å². The van der Waals surface area contributed by atoms with Crippen LogP contribution in [-0.2, 0) is 11.3 Å². The molecule has 3 aromatic carbocycles. The van der Waals surface area contributed by atoms with E-state index in [2.05, 4.69) is 92.1 Å². The topological polar surface area (TPSA) is 34.5 Å². The van der Waals surface area contributed by atoms with Crippen LogP contribution in [0.1, 0.15) is 28.8 Å². The average Bonchev–Trinajstić information content (AvgIpc) is 3.30. The van der Waals surface area contributed by atoms with Crippen LogP contribution in [0.3, 0.4) is 0 Å². The fraction of sp³-hybridized carbons (Fsp3) is 0.233. The van der Waals surface area contributed by atoms with Crippen molar-refractivity contribution >= 4 is 21.7 Å². The van der Waals surface area contributed by atoms with Gasteiger partial charge in [0.2, 0.25) is 0 Å². The first kappa shape index (κ1) is 25.1. The van der Waals surface area contributed by atoms with Gasteiger partial charge in [-0.25, -0.2) is 0 Å². The van der Waals surface area contributed by atoms with Gasteiger partial charge in [0.1, 0.15) is 0 Å². The minimum absolute atomic E-state index is 0.190. The summed E-state index contributed by atoms with van der Waals surface area (Å²) in [6.45, 7) is 1.44. The molecular formula is C30H31BrN2O2. The Morgan fingerprint density at radius 1 is 0.857 bits per heavy atom. The second kappa shape index (κ2) is 11.6. The molecule has 0 bridgehead atoms. The summed E-state index contributed by atoms with van der Waals surface area (Å²) in [7, 11) is 5.78. The highest BCUT2D eigenvalue weighted by molar-refractivity contribution is 9.10. The van der Waals surface area contributed by atoms with Gasteiger partial charge in [-0.1, -0.05) is 70.5 Å². The molecule has 0 unspecified atom stereocenters. The van der Waals surface area contributed by atoms with Crippen molar-refractivity contribution in [1.82, 2.24) is 9.47 Å². The van der Waals surface area contributed by atoms with E-state index >= 15 is 0 Å². The minimum atomic E-state index is 0.190. The van der Waals surface area contributed by atoms with Gasteiger partial charge in [0.25, 0.3) is 0 Å². The summed E-state index contributed by atoms with van der Waals surface area (Å²) in [6.07, 6.45) is 1.43. The van der Waals surface area contributed by atoms with Gasteiger partial charge < -0.3 is 14.2 Å². The number of halogens is 1. The molecule has 0 N–H and O–H groups in total. The summed E-state index contributed by atoms with van der Waals surface area (Å²) in [5.74, 6) is 0.190. The first-order valence-electron chi connectivity index (χ1n) is 11.8. The van der Waals surface area contributed by atoms with Gasteiger partial charge in [-0.3, -0.25) is 4.79 Å². The Labute approximate surface area is 216 Å². The number of Topliss-reactive ketones (excluding diaryl/α,β-unsaturated/α-hetero) is 1. The largest absolute Gasteiger partial charge is 0.380 e. The van der Waals surface area contributed by atoms with Crippen LogP contribution in [-0.4, -0.2) is 43.0 Å². The van der Waals surface area contributed by atoms with Crippen molar-refractivity contribution < 1.29 is 9.53 Å². The second-order valence-electron chi connectivity index (χ2n) is 8.92. The molecule has 35 heavy (non-hydrogen) atoms. The Balaban J connectivity index is 1.74. The summed E-state index contributed by atoms with van der Waals surface area (Å²) >= 11 is 3.54. The lowest BCUT2D eigenvalue weighted by Gasteiger charge is -2.18. The lowest BCUT2D eigenvalue weighted by Crippen LogP contribution is -2.14. The Hall–Kier alpha value is -2.99. The number of para-hydroxylation sites is 1. The summed E-state index contributed by atoms with van der Waals surface area (Å²) < 4.78 is 8.83. The standard InChI is InChI=1S/C30H31BrN2O2/c1-32(2)20-6-9-30(34)24-12-10-22(11-13-24)28-18-19-29(23-14-16-26(31)17-15-23)33(28)27-8-5-4-7-25(27)21-35-3/h4-5,7-8,10-19H,6,9,20-21H2,1-3H3. The molecule has 0 radical (unpaired) electrons. The highest BCUT2D eigenvalue weighted by atomic mass is 79.9. The SMILES string of the molecule is COCc1ccccc1-n1c(-c2ccc(Br)cc2)ccc1-c1ccc(C(=O)CCCN(C)C)cc1. The number of methoxy groups -OCH3 is 1. The maximum Gasteiger partial charge on any atom is 0.162 e. The van der Waals surface area contributed by atoms with Gasteiger partial charge in [-0.15, -0.1) is 0 Å². The maximum absolute atomic E-state index is 12.7. The predicted molar refractivity (Wildman–Crippen MR) is 147 cm³/mol. The lowest BCUT2D eigenvalue weighted by molar-refractivity contribution is 0.0977. The summed E-state index contributed by atoms with van der Waals surface area (Å²) in [4.78, 5) is 14.8. The highest BCUT2D eigenvalue weighted by Gasteiger charge is 2.17. The quantitative estimate of drug-likeness (QED) is 0.202. The number of ether oxygens (including phenoxy) is 1. The van der Waals surface area contributed by atoms with Gasteiger partial charge in [-0.2, -0.15) is 0 Å².